The zero-order valence-corrected chi connectivity index (χ0v) is 48.6. The van der Waals surface area contributed by atoms with Crippen LogP contribution in [0.3, 0.4) is 0 Å². The molecule has 0 aliphatic rings. The van der Waals surface area contributed by atoms with Crippen LogP contribution >= 0.6 is 7.82 Å². The largest absolute Gasteiger partial charge is 0.472 e. The van der Waals surface area contributed by atoms with E-state index in [1.807, 2.05) is 0 Å². The van der Waals surface area contributed by atoms with Crippen LogP contribution in [0.5, 0.6) is 0 Å². The average Bonchev–Trinajstić information content (AvgIpc) is 3.40. The lowest BCUT2D eigenvalue weighted by Gasteiger charge is -2.19. The molecule has 0 aromatic heterocycles. The van der Waals surface area contributed by atoms with Crippen molar-refractivity contribution in [1.82, 2.24) is 0 Å². The van der Waals surface area contributed by atoms with Crippen LogP contribution in [0.25, 0.3) is 0 Å². The lowest BCUT2D eigenvalue weighted by molar-refractivity contribution is -0.161. The van der Waals surface area contributed by atoms with Gasteiger partial charge in [0.15, 0.2) is 6.10 Å². The number of rotatable bonds is 55. The molecule has 10 heteroatoms. The number of nitrogens with two attached hydrogens (primary N) is 1. The minimum Gasteiger partial charge on any atom is -0.462 e. The van der Waals surface area contributed by atoms with E-state index in [0.29, 0.717) is 6.42 Å². The topological polar surface area (TPSA) is 134 Å². The third-order valence-electron chi connectivity index (χ3n) is 12.3. The van der Waals surface area contributed by atoms with Crippen LogP contribution in [0.1, 0.15) is 245 Å². The first kappa shape index (κ1) is 71.4. The summed E-state index contributed by atoms with van der Waals surface area (Å²) in [4.78, 5) is 35.2. The van der Waals surface area contributed by atoms with Crippen molar-refractivity contribution in [2.75, 3.05) is 26.4 Å². The number of carbonyl (C=O) groups excluding carboxylic acids is 2. The van der Waals surface area contributed by atoms with Crippen LogP contribution in [0.2, 0.25) is 0 Å². The predicted octanol–water partition coefficient (Wildman–Crippen LogP) is 19.2. The lowest BCUT2D eigenvalue weighted by Crippen LogP contribution is -2.29. The minimum absolute atomic E-state index is 0.0415. The Hall–Kier alpha value is -3.59. The summed E-state index contributed by atoms with van der Waals surface area (Å²) in [5, 5.41) is 0. The van der Waals surface area contributed by atoms with E-state index in [9.17, 15) is 19.0 Å². The second kappa shape index (κ2) is 59.7. The molecule has 3 N–H and O–H groups in total. The van der Waals surface area contributed by atoms with Gasteiger partial charge in [-0.25, -0.2) is 4.57 Å². The van der Waals surface area contributed by atoms with E-state index in [1.54, 1.807) is 0 Å². The van der Waals surface area contributed by atoms with Crippen molar-refractivity contribution in [2.45, 2.75) is 251 Å². The molecular weight excluding hydrogens is 954 g/mol. The molecule has 75 heavy (non-hydrogen) atoms. The van der Waals surface area contributed by atoms with Crippen LogP contribution in [0.15, 0.2) is 122 Å². The van der Waals surface area contributed by atoms with Crippen LogP contribution in [0.4, 0.5) is 0 Å². The van der Waals surface area contributed by atoms with Gasteiger partial charge in [-0.2, -0.15) is 0 Å². The van der Waals surface area contributed by atoms with Crippen molar-refractivity contribution >= 4 is 19.8 Å². The quantitative estimate of drug-likeness (QED) is 0.0264. The predicted molar refractivity (Wildman–Crippen MR) is 321 cm³/mol. The van der Waals surface area contributed by atoms with Crippen LogP contribution in [-0.2, 0) is 32.7 Å². The van der Waals surface area contributed by atoms with Crippen molar-refractivity contribution in [1.29, 1.82) is 0 Å². The normalized spacial score (nSPS) is 13.9. The molecule has 0 radical (unpaired) electrons. The molecule has 9 nitrogen and oxygen atoms in total. The Morgan fingerprint density at radius 1 is 0.413 bits per heavy atom. The molecule has 2 unspecified atom stereocenters. The van der Waals surface area contributed by atoms with Gasteiger partial charge in [-0.3, -0.25) is 18.6 Å². The molecule has 0 fully saturated rings. The Kier molecular flexibility index (Phi) is 56.8. The molecule has 0 saturated heterocycles. The Labute approximate surface area is 460 Å². The number of carbonyl (C=O) groups is 2. The molecule has 0 saturated carbocycles. The van der Waals surface area contributed by atoms with E-state index in [2.05, 4.69) is 135 Å². The molecule has 0 heterocycles. The third-order valence-corrected chi connectivity index (χ3v) is 13.3. The molecule has 0 amide bonds. The van der Waals surface area contributed by atoms with Crippen molar-refractivity contribution < 1.29 is 37.6 Å². The average molecular weight is 1060 g/mol. The summed E-state index contributed by atoms with van der Waals surface area (Å²) in [7, 11) is -4.41. The van der Waals surface area contributed by atoms with E-state index >= 15 is 0 Å². The summed E-state index contributed by atoms with van der Waals surface area (Å²) in [6.45, 7) is 3.59. The van der Waals surface area contributed by atoms with Gasteiger partial charge >= 0.3 is 19.8 Å². The van der Waals surface area contributed by atoms with Gasteiger partial charge in [0.1, 0.15) is 6.61 Å². The maximum Gasteiger partial charge on any atom is 0.472 e. The Morgan fingerprint density at radius 2 is 0.733 bits per heavy atom. The van der Waals surface area contributed by atoms with Crippen molar-refractivity contribution in [2.24, 2.45) is 5.73 Å². The molecule has 0 spiro atoms. The zero-order valence-electron chi connectivity index (χ0n) is 47.7. The Morgan fingerprint density at radius 3 is 1.12 bits per heavy atom. The SMILES string of the molecule is CC/C=C\C/C=C\C/C=C\C/C=C\C/C=C\C/C=C\C/C=C\C/C=C\C/C=C\CCCCCC(=O)OC(COC(=O)CCCCCCCCCCCCC/C=C\CCCCCCCCCC)COP(=O)(O)OCCN. The highest BCUT2D eigenvalue weighted by atomic mass is 31.2. The number of phosphoric ester groups is 1. The highest BCUT2D eigenvalue weighted by Crippen LogP contribution is 2.43. The molecule has 0 aliphatic heterocycles. The fourth-order valence-electron chi connectivity index (χ4n) is 7.92. The standard InChI is InChI=1S/C65H110NO8P/c1-3-5-7-9-11-13-15-17-19-21-23-25-27-28-29-30-31-32-33-34-36-38-40-42-44-46-48-50-52-54-56-58-65(68)74-63(62-73-75(69,70)72-60-59-66)61-71-64(67)57-55-53-51-49-47-45-43-41-39-37-35-26-24-22-20-18-16-14-12-10-8-6-4-2/h5,7,11,13,17,19,22-25,28-29,31-32,34,36,40,42,46,48,63H,3-4,6,8-10,12,14-16,18,20-21,26-27,30,33,35,37-39,41,43-45,47,49-62,66H2,1-2H3,(H,69,70)/b7-5-,13-11-,19-17-,24-22-,25-23-,29-28-,32-31-,36-34-,42-40-,48-46-. The van der Waals surface area contributed by atoms with Gasteiger partial charge < -0.3 is 20.1 Å². The zero-order chi connectivity index (χ0) is 54.5. The van der Waals surface area contributed by atoms with Crippen molar-refractivity contribution in [3.8, 4) is 0 Å². The minimum atomic E-state index is -4.41. The number of hydrogen-bond acceptors (Lipinski definition) is 8. The Balaban J connectivity index is 4.09. The molecule has 0 aliphatic carbocycles. The number of ether oxygens (including phenoxy) is 2. The van der Waals surface area contributed by atoms with Gasteiger partial charge in [-0.15, -0.1) is 0 Å². The van der Waals surface area contributed by atoms with E-state index in [0.717, 1.165) is 96.3 Å². The maximum absolute atomic E-state index is 12.7. The first-order chi connectivity index (χ1) is 36.8. The Bertz CT molecular complexity index is 1640. The highest BCUT2D eigenvalue weighted by molar-refractivity contribution is 7.47. The number of esters is 2. The monoisotopic (exact) mass is 1060 g/mol. The molecule has 0 aromatic rings. The molecule has 0 bridgehead atoms. The maximum atomic E-state index is 12.7. The van der Waals surface area contributed by atoms with E-state index in [4.69, 9.17) is 24.3 Å². The summed E-state index contributed by atoms with van der Waals surface area (Å²) in [6, 6.07) is 0. The number of phosphoric acid groups is 1. The summed E-state index contributed by atoms with van der Waals surface area (Å²) >= 11 is 0. The third kappa shape index (κ3) is 59.5. The van der Waals surface area contributed by atoms with E-state index in [-0.39, 0.29) is 32.6 Å². The molecule has 2 atom stereocenters. The molecule has 428 valence electrons. The van der Waals surface area contributed by atoms with Crippen LogP contribution in [-0.4, -0.2) is 49.3 Å². The van der Waals surface area contributed by atoms with E-state index in [1.165, 1.54) is 116 Å². The summed E-state index contributed by atoms with van der Waals surface area (Å²) in [5.41, 5.74) is 5.38. The smallest absolute Gasteiger partial charge is 0.462 e. The van der Waals surface area contributed by atoms with Gasteiger partial charge in [0.25, 0.3) is 0 Å². The van der Waals surface area contributed by atoms with E-state index < -0.39 is 32.5 Å². The van der Waals surface area contributed by atoms with Gasteiger partial charge in [0.05, 0.1) is 13.2 Å². The summed E-state index contributed by atoms with van der Waals surface area (Å²) in [6.07, 6.45) is 82.6. The lowest BCUT2D eigenvalue weighted by atomic mass is 10.0. The second-order valence-corrected chi connectivity index (χ2v) is 20.9. The van der Waals surface area contributed by atoms with Crippen molar-refractivity contribution in [3.05, 3.63) is 122 Å². The van der Waals surface area contributed by atoms with Crippen LogP contribution < -0.4 is 5.73 Å². The first-order valence-corrected chi connectivity index (χ1v) is 31.5. The van der Waals surface area contributed by atoms with Crippen LogP contribution in [0, 0.1) is 0 Å². The first-order valence-electron chi connectivity index (χ1n) is 30.0. The van der Waals surface area contributed by atoms with Gasteiger partial charge in [0, 0.05) is 19.4 Å². The summed E-state index contributed by atoms with van der Waals surface area (Å²) in [5.74, 6) is -0.871. The van der Waals surface area contributed by atoms with Gasteiger partial charge in [-0.1, -0.05) is 245 Å². The molecule has 0 rings (SSSR count). The molecule has 0 aromatic carbocycles. The van der Waals surface area contributed by atoms with Crippen molar-refractivity contribution in [3.63, 3.8) is 0 Å². The molecular formula is C65H110NO8P. The summed E-state index contributed by atoms with van der Waals surface area (Å²) < 4.78 is 33.0. The second-order valence-electron chi connectivity index (χ2n) is 19.5. The highest BCUT2D eigenvalue weighted by Gasteiger charge is 2.26. The van der Waals surface area contributed by atoms with Gasteiger partial charge in [-0.05, 0) is 109 Å². The number of unbranched alkanes of at least 4 members (excludes halogenated alkanes) is 22. The fourth-order valence-corrected chi connectivity index (χ4v) is 8.68. The fraction of sp³-hybridized carbons (Fsp3) is 0.662. The number of allylic oxidation sites excluding steroid dienone is 20. The van der Waals surface area contributed by atoms with Gasteiger partial charge in [0.2, 0.25) is 0 Å². The number of hydrogen-bond donors (Lipinski definition) is 2.